The maximum atomic E-state index is 10.7. The molecule has 0 aliphatic rings. The third-order valence-corrected chi connectivity index (χ3v) is 3.26. The van der Waals surface area contributed by atoms with Gasteiger partial charge in [-0.05, 0) is 67.8 Å². The summed E-state index contributed by atoms with van der Waals surface area (Å²) in [6, 6.07) is 13.3. The van der Waals surface area contributed by atoms with Crippen LogP contribution in [0.3, 0.4) is 0 Å². The second kappa shape index (κ2) is 6.89. The first-order valence-corrected chi connectivity index (χ1v) is 7.06. The normalized spacial score (nSPS) is 12.3. The quantitative estimate of drug-likeness (QED) is 0.851. The van der Waals surface area contributed by atoms with E-state index in [1.807, 2.05) is 38.1 Å². The highest BCUT2D eigenvalue weighted by atomic mass is 16.5. The fourth-order valence-corrected chi connectivity index (χ4v) is 1.89. The van der Waals surface area contributed by atoms with E-state index >= 15 is 0 Å². The predicted molar refractivity (Wildman–Crippen MR) is 87.3 cm³/mol. The van der Waals surface area contributed by atoms with Crippen LogP contribution in [0.15, 0.2) is 47.5 Å². The van der Waals surface area contributed by atoms with Gasteiger partial charge in [0.25, 0.3) is 0 Å². The zero-order valence-corrected chi connectivity index (χ0v) is 12.9. The lowest BCUT2D eigenvalue weighted by atomic mass is 10.1. The topological polar surface area (TPSA) is 58.9 Å². The summed E-state index contributed by atoms with van der Waals surface area (Å²) in [5.41, 5.74) is 4.16. The van der Waals surface area contributed by atoms with Crippen LogP contribution in [0.25, 0.3) is 0 Å². The van der Waals surface area contributed by atoms with Gasteiger partial charge >= 0.3 is 5.97 Å². The van der Waals surface area contributed by atoms with Crippen LogP contribution >= 0.6 is 0 Å². The molecule has 0 radical (unpaired) electrons. The SMILES string of the molecule is Cc1ccc(C)c(N=Cc2ccc(O[C@H](C)C(=O)O)cc2)c1. The Morgan fingerprint density at radius 3 is 2.50 bits per heavy atom. The summed E-state index contributed by atoms with van der Waals surface area (Å²) < 4.78 is 5.28. The molecule has 22 heavy (non-hydrogen) atoms. The van der Waals surface area contributed by atoms with Crippen LogP contribution in [0, 0.1) is 13.8 Å². The number of ether oxygens (including phenoxy) is 1. The molecule has 1 N–H and O–H groups in total. The number of aliphatic imine (C=N–C) groups is 1. The van der Waals surface area contributed by atoms with Crippen molar-refractivity contribution in [1.82, 2.24) is 0 Å². The Morgan fingerprint density at radius 2 is 1.86 bits per heavy atom. The highest BCUT2D eigenvalue weighted by Crippen LogP contribution is 2.20. The molecule has 0 spiro atoms. The standard InChI is InChI=1S/C18H19NO3/c1-12-4-5-13(2)17(10-12)19-11-15-6-8-16(9-7-15)22-14(3)18(20)21/h4-11,14H,1-3H3,(H,20,21)/t14-/m1/s1. The van der Waals surface area contributed by atoms with Crippen LogP contribution in [0.2, 0.25) is 0 Å². The molecule has 2 rings (SSSR count). The number of aliphatic carboxylic acids is 1. The first-order chi connectivity index (χ1) is 10.5. The lowest BCUT2D eigenvalue weighted by Crippen LogP contribution is -2.22. The van der Waals surface area contributed by atoms with Gasteiger partial charge in [0, 0.05) is 6.21 Å². The van der Waals surface area contributed by atoms with Crippen molar-refractivity contribution < 1.29 is 14.6 Å². The Morgan fingerprint density at radius 1 is 1.18 bits per heavy atom. The number of aryl methyl sites for hydroxylation is 2. The van der Waals surface area contributed by atoms with Crippen LogP contribution in [-0.2, 0) is 4.79 Å². The Kier molecular flexibility index (Phi) is 4.94. The van der Waals surface area contributed by atoms with Crippen molar-refractivity contribution in [1.29, 1.82) is 0 Å². The summed E-state index contributed by atoms with van der Waals surface area (Å²) in [4.78, 5) is 15.2. The van der Waals surface area contributed by atoms with Gasteiger partial charge in [0.1, 0.15) is 5.75 Å². The first-order valence-electron chi connectivity index (χ1n) is 7.06. The number of nitrogens with zero attached hydrogens (tertiary/aromatic N) is 1. The zero-order valence-electron chi connectivity index (χ0n) is 12.9. The minimum absolute atomic E-state index is 0.527. The average Bonchev–Trinajstić information content (AvgIpc) is 2.49. The average molecular weight is 297 g/mol. The molecule has 0 saturated carbocycles. The van der Waals surface area contributed by atoms with Crippen molar-refractivity contribution in [2.24, 2.45) is 4.99 Å². The van der Waals surface area contributed by atoms with Gasteiger partial charge in [0.05, 0.1) is 5.69 Å². The zero-order chi connectivity index (χ0) is 16.1. The summed E-state index contributed by atoms with van der Waals surface area (Å²) >= 11 is 0. The van der Waals surface area contributed by atoms with Gasteiger partial charge in [-0.25, -0.2) is 4.79 Å². The molecule has 1 atom stereocenters. The second-order valence-corrected chi connectivity index (χ2v) is 5.22. The summed E-state index contributed by atoms with van der Waals surface area (Å²) in [6.45, 7) is 5.56. The Bertz CT molecular complexity index is 690. The largest absolute Gasteiger partial charge is 0.479 e. The number of carboxylic acids is 1. The van der Waals surface area contributed by atoms with Gasteiger partial charge in [0.15, 0.2) is 6.10 Å². The molecule has 0 aliphatic carbocycles. The van der Waals surface area contributed by atoms with E-state index in [2.05, 4.69) is 11.1 Å². The first kappa shape index (κ1) is 15.8. The minimum atomic E-state index is -0.986. The summed E-state index contributed by atoms with van der Waals surface area (Å²) in [6.07, 6.45) is 0.918. The van der Waals surface area contributed by atoms with Crippen molar-refractivity contribution in [3.8, 4) is 5.75 Å². The van der Waals surface area contributed by atoms with Crippen molar-refractivity contribution in [2.75, 3.05) is 0 Å². The highest BCUT2D eigenvalue weighted by Gasteiger charge is 2.11. The minimum Gasteiger partial charge on any atom is -0.479 e. The number of rotatable bonds is 5. The monoisotopic (exact) mass is 297 g/mol. The van der Waals surface area contributed by atoms with Crippen molar-refractivity contribution in [2.45, 2.75) is 26.9 Å². The molecule has 0 fully saturated rings. The smallest absolute Gasteiger partial charge is 0.344 e. The van der Waals surface area contributed by atoms with E-state index in [-0.39, 0.29) is 0 Å². The van der Waals surface area contributed by atoms with Gasteiger partial charge in [-0.15, -0.1) is 0 Å². The predicted octanol–water partition coefficient (Wildman–Crippen LogP) is 3.91. The van der Waals surface area contributed by atoms with Gasteiger partial charge in [0.2, 0.25) is 0 Å². The molecule has 0 bridgehead atoms. The summed E-state index contributed by atoms with van der Waals surface area (Å²) in [7, 11) is 0. The van der Waals surface area contributed by atoms with Crippen molar-refractivity contribution in [3.63, 3.8) is 0 Å². The van der Waals surface area contributed by atoms with E-state index in [0.29, 0.717) is 5.75 Å². The van der Waals surface area contributed by atoms with Crippen LogP contribution in [0.1, 0.15) is 23.6 Å². The van der Waals surface area contributed by atoms with Crippen LogP contribution in [0.4, 0.5) is 5.69 Å². The van der Waals surface area contributed by atoms with Gasteiger partial charge in [-0.2, -0.15) is 0 Å². The van der Waals surface area contributed by atoms with Gasteiger partial charge in [-0.1, -0.05) is 12.1 Å². The van der Waals surface area contributed by atoms with Crippen LogP contribution in [-0.4, -0.2) is 23.4 Å². The van der Waals surface area contributed by atoms with Gasteiger partial charge < -0.3 is 9.84 Å². The Labute approximate surface area is 130 Å². The molecule has 0 heterocycles. The fraction of sp³-hybridized carbons (Fsp3) is 0.222. The molecule has 0 aliphatic heterocycles. The molecule has 4 nitrogen and oxygen atoms in total. The molecular weight excluding hydrogens is 278 g/mol. The third-order valence-electron chi connectivity index (χ3n) is 3.26. The number of hydrogen-bond donors (Lipinski definition) is 1. The molecule has 0 aromatic heterocycles. The fourth-order valence-electron chi connectivity index (χ4n) is 1.89. The maximum Gasteiger partial charge on any atom is 0.344 e. The van der Waals surface area contributed by atoms with Crippen molar-refractivity contribution >= 4 is 17.9 Å². The molecular formula is C18H19NO3. The summed E-state index contributed by atoms with van der Waals surface area (Å²) in [5, 5.41) is 8.81. The van der Waals surface area contributed by atoms with Gasteiger partial charge in [-0.3, -0.25) is 4.99 Å². The summed E-state index contributed by atoms with van der Waals surface area (Å²) in [5.74, 6) is -0.459. The second-order valence-electron chi connectivity index (χ2n) is 5.22. The molecule has 0 saturated heterocycles. The van der Waals surface area contributed by atoms with Crippen LogP contribution < -0.4 is 4.74 Å². The van der Waals surface area contributed by atoms with E-state index in [9.17, 15) is 4.79 Å². The molecule has 114 valence electrons. The number of carbonyl (C=O) groups is 1. The highest BCUT2D eigenvalue weighted by molar-refractivity contribution is 5.82. The van der Waals surface area contributed by atoms with E-state index in [1.54, 1.807) is 18.3 Å². The number of benzene rings is 2. The lowest BCUT2D eigenvalue weighted by molar-refractivity contribution is -0.144. The molecule has 2 aromatic carbocycles. The Hall–Kier alpha value is -2.62. The van der Waals surface area contributed by atoms with E-state index in [0.717, 1.165) is 16.8 Å². The van der Waals surface area contributed by atoms with E-state index in [1.165, 1.54) is 12.5 Å². The van der Waals surface area contributed by atoms with E-state index < -0.39 is 12.1 Å². The third kappa shape index (κ3) is 4.19. The maximum absolute atomic E-state index is 10.7. The van der Waals surface area contributed by atoms with Crippen molar-refractivity contribution in [3.05, 3.63) is 59.2 Å². The molecule has 0 amide bonds. The molecule has 4 heteroatoms. The lowest BCUT2D eigenvalue weighted by Gasteiger charge is -2.10. The molecule has 2 aromatic rings. The van der Waals surface area contributed by atoms with E-state index in [4.69, 9.17) is 9.84 Å². The number of carboxylic acid groups (broad SMARTS) is 1. The Balaban J connectivity index is 2.09. The number of hydrogen-bond acceptors (Lipinski definition) is 3. The molecule has 0 unspecified atom stereocenters. The van der Waals surface area contributed by atoms with Crippen LogP contribution in [0.5, 0.6) is 5.75 Å².